The molecule has 17 heavy (non-hydrogen) atoms. The summed E-state index contributed by atoms with van der Waals surface area (Å²) in [6, 6.07) is 5.47. The third-order valence-corrected chi connectivity index (χ3v) is 2.95. The second-order valence-corrected chi connectivity index (χ2v) is 4.52. The molecule has 0 aliphatic heterocycles. The molecule has 2 rings (SSSR count). The lowest BCUT2D eigenvalue weighted by Crippen LogP contribution is -2.01. The number of hydrogen-bond acceptors (Lipinski definition) is 3. The molecular formula is C11H12Cl2N4. The molecule has 1 aromatic heterocycles. The number of nitrogens with zero attached hydrogens (tertiary/aromatic N) is 2. The summed E-state index contributed by atoms with van der Waals surface area (Å²) in [6.07, 6.45) is 1.87. The van der Waals surface area contributed by atoms with Gasteiger partial charge in [-0.25, -0.2) is 0 Å². The van der Waals surface area contributed by atoms with Crippen molar-refractivity contribution in [2.75, 3.05) is 11.1 Å². The van der Waals surface area contributed by atoms with Crippen LogP contribution in [0.2, 0.25) is 10.0 Å². The van der Waals surface area contributed by atoms with Gasteiger partial charge in [0.15, 0.2) is 0 Å². The number of benzene rings is 1. The van der Waals surface area contributed by atoms with E-state index in [1.807, 2.05) is 19.3 Å². The number of aromatic nitrogens is 2. The van der Waals surface area contributed by atoms with Gasteiger partial charge in [0.1, 0.15) is 5.82 Å². The van der Waals surface area contributed by atoms with Crippen LogP contribution in [0.1, 0.15) is 5.56 Å². The van der Waals surface area contributed by atoms with Gasteiger partial charge in [-0.05, 0) is 17.7 Å². The molecule has 1 aromatic carbocycles. The lowest BCUT2D eigenvalue weighted by atomic mass is 10.2. The molecule has 0 aliphatic carbocycles. The molecule has 0 radical (unpaired) electrons. The van der Waals surface area contributed by atoms with E-state index in [1.165, 1.54) is 0 Å². The van der Waals surface area contributed by atoms with Crippen molar-refractivity contribution in [3.05, 3.63) is 40.0 Å². The Morgan fingerprint density at radius 3 is 2.53 bits per heavy atom. The first-order chi connectivity index (χ1) is 8.06. The van der Waals surface area contributed by atoms with Gasteiger partial charge in [0, 0.05) is 25.9 Å². The second-order valence-electron chi connectivity index (χ2n) is 3.70. The molecule has 0 fully saturated rings. The fourth-order valence-electron chi connectivity index (χ4n) is 1.44. The average molecular weight is 271 g/mol. The lowest BCUT2D eigenvalue weighted by Gasteiger charge is -2.07. The summed E-state index contributed by atoms with van der Waals surface area (Å²) in [7, 11) is 1.86. The van der Waals surface area contributed by atoms with E-state index in [-0.39, 0.29) is 0 Å². The number of hydrogen-bond donors (Lipinski definition) is 2. The van der Waals surface area contributed by atoms with Crippen LogP contribution >= 0.6 is 23.2 Å². The SMILES string of the molecule is Cn1ccc(NCc2cc(Cl)c(N)c(Cl)c2)n1. The predicted octanol–water partition coefficient (Wildman–Crippen LogP) is 2.92. The van der Waals surface area contributed by atoms with Gasteiger partial charge in [0.25, 0.3) is 0 Å². The summed E-state index contributed by atoms with van der Waals surface area (Å²) in [5.74, 6) is 0.802. The maximum Gasteiger partial charge on any atom is 0.148 e. The van der Waals surface area contributed by atoms with Crippen LogP contribution < -0.4 is 11.1 Å². The number of nitrogens with two attached hydrogens (primary N) is 1. The van der Waals surface area contributed by atoms with Gasteiger partial charge in [0.2, 0.25) is 0 Å². The Hall–Kier alpha value is -1.39. The van der Waals surface area contributed by atoms with Gasteiger partial charge >= 0.3 is 0 Å². The van der Waals surface area contributed by atoms with Crippen molar-refractivity contribution in [1.82, 2.24) is 9.78 Å². The van der Waals surface area contributed by atoms with Crippen LogP contribution in [-0.4, -0.2) is 9.78 Å². The van der Waals surface area contributed by atoms with Gasteiger partial charge in [-0.1, -0.05) is 23.2 Å². The third kappa shape index (κ3) is 2.84. The Morgan fingerprint density at radius 2 is 2.00 bits per heavy atom. The summed E-state index contributed by atoms with van der Waals surface area (Å²) in [6.45, 7) is 0.594. The Kier molecular flexibility index (Phi) is 3.45. The quantitative estimate of drug-likeness (QED) is 0.844. The highest BCUT2D eigenvalue weighted by molar-refractivity contribution is 6.38. The maximum absolute atomic E-state index is 5.95. The minimum atomic E-state index is 0.412. The molecule has 0 aliphatic rings. The molecule has 90 valence electrons. The number of nitrogen functional groups attached to an aromatic ring is 1. The van der Waals surface area contributed by atoms with Gasteiger partial charge in [-0.2, -0.15) is 5.10 Å². The van der Waals surface area contributed by atoms with Gasteiger partial charge in [-0.3, -0.25) is 4.68 Å². The number of aryl methyl sites for hydroxylation is 1. The smallest absolute Gasteiger partial charge is 0.148 e. The molecule has 1 heterocycles. The predicted molar refractivity (Wildman–Crippen MR) is 71.4 cm³/mol. The van der Waals surface area contributed by atoms with Crippen molar-refractivity contribution in [2.24, 2.45) is 7.05 Å². The van der Waals surface area contributed by atoms with Crippen molar-refractivity contribution in [3.63, 3.8) is 0 Å². The van der Waals surface area contributed by atoms with Crippen molar-refractivity contribution < 1.29 is 0 Å². The van der Waals surface area contributed by atoms with Crippen LogP contribution in [0.4, 0.5) is 11.5 Å². The standard InChI is InChI=1S/C11H12Cl2N4/c1-17-3-2-10(16-17)15-6-7-4-8(12)11(14)9(13)5-7/h2-5H,6,14H2,1H3,(H,15,16). The third-order valence-electron chi connectivity index (χ3n) is 2.33. The van der Waals surface area contributed by atoms with Crippen molar-refractivity contribution in [1.29, 1.82) is 0 Å². The molecule has 0 saturated heterocycles. The zero-order valence-corrected chi connectivity index (χ0v) is 10.8. The fraction of sp³-hybridized carbons (Fsp3) is 0.182. The first-order valence-corrected chi connectivity index (χ1v) is 5.79. The highest BCUT2D eigenvalue weighted by Gasteiger charge is 2.05. The Bertz CT molecular complexity index is 513. The molecule has 0 saturated carbocycles. The molecule has 0 atom stereocenters. The van der Waals surface area contributed by atoms with Crippen LogP contribution in [0.3, 0.4) is 0 Å². The minimum Gasteiger partial charge on any atom is -0.396 e. The number of halogens is 2. The van der Waals surface area contributed by atoms with E-state index >= 15 is 0 Å². The lowest BCUT2D eigenvalue weighted by molar-refractivity contribution is 0.768. The van der Waals surface area contributed by atoms with Crippen molar-refractivity contribution in [3.8, 4) is 0 Å². The monoisotopic (exact) mass is 270 g/mol. The number of anilines is 2. The van der Waals surface area contributed by atoms with Crippen molar-refractivity contribution >= 4 is 34.7 Å². The topological polar surface area (TPSA) is 55.9 Å². The zero-order chi connectivity index (χ0) is 12.4. The molecule has 3 N–H and O–H groups in total. The van der Waals surface area contributed by atoms with E-state index in [4.69, 9.17) is 28.9 Å². The summed E-state index contributed by atoms with van der Waals surface area (Å²) in [4.78, 5) is 0. The summed E-state index contributed by atoms with van der Waals surface area (Å²) < 4.78 is 1.73. The number of nitrogens with one attached hydrogen (secondary N) is 1. The molecular weight excluding hydrogens is 259 g/mol. The Morgan fingerprint density at radius 1 is 1.35 bits per heavy atom. The summed E-state index contributed by atoms with van der Waals surface area (Å²) in [5, 5.41) is 8.30. The Balaban J connectivity index is 2.09. The zero-order valence-electron chi connectivity index (χ0n) is 9.24. The van der Waals surface area contributed by atoms with Gasteiger partial charge in [0.05, 0.1) is 15.7 Å². The molecule has 6 heteroatoms. The molecule has 2 aromatic rings. The van der Waals surface area contributed by atoms with Gasteiger partial charge < -0.3 is 11.1 Å². The second kappa shape index (κ2) is 4.85. The minimum absolute atomic E-state index is 0.412. The van der Waals surface area contributed by atoms with Crippen LogP contribution in [0.25, 0.3) is 0 Å². The highest BCUT2D eigenvalue weighted by Crippen LogP contribution is 2.28. The number of rotatable bonds is 3. The molecule has 4 nitrogen and oxygen atoms in total. The van der Waals surface area contributed by atoms with Crippen LogP contribution in [-0.2, 0) is 13.6 Å². The average Bonchev–Trinajstić information content (AvgIpc) is 2.69. The normalized spacial score (nSPS) is 10.5. The summed E-state index contributed by atoms with van der Waals surface area (Å²) >= 11 is 11.9. The van der Waals surface area contributed by atoms with Crippen LogP contribution in [0, 0.1) is 0 Å². The maximum atomic E-state index is 5.95. The van der Waals surface area contributed by atoms with Crippen molar-refractivity contribution in [2.45, 2.75) is 6.54 Å². The van der Waals surface area contributed by atoms with Gasteiger partial charge in [-0.15, -0.1) is 0 Å². The van der Waals surface area contributed by atoms with E-state index in [1.54, 1.807) is 16.8 Å². The molecule has 0 amide bonds. The van der Waals surface area contributed by atoms with E-state index in [0.717, 1.165) is 11.4 Å². The molecule has 0 unspecified atom stereocenters. The van der Waals surface area contributed by atoms with Crippen LogP contribution in [0.15, 0.2) is 24.4 Å². The van der Waals surface area contributed by atoms with E-state index in [0.29, 0.717) is 22.3 Å². The molecule has 0 bridgehead atoms. The first-order valence-electron chi connectivity index (χ1n) is 5.03. The fourth-order valence-corrected chi connectivity index (χ4v) is 1.97. The molecule has 0 spiro atoms. The van der Waals surface area contributed by atoms with E-state index in [2.05, 4.69) is 10.4 Å². The Labute approximate surface area is 109 Å². The summed E-state index contributed by atoms with van der Waals surface area (Å²) in [5.41, 5.74) is 7.03. The highest BCUT2D eigenvalue weighted by atomic mass is 35.5. The largest absolute Gasteiger partial charge is 0.396 e. The first kappa shape index (κ1) is 12.1. The van der Waals surface area contributed by atoms with Crippen LogP contribution in [0.5, 0.6) is 0 Å². The van der Waals surface area contributed by atoms with E-state index < -0.39 is 0 Å². The van der Waals surface area contributed by atoms with E-state index in [9.17, 15) is 0 Å².